The van der Waals surface area contributed by atoms with E-state index < -0.39 is 10.0 Å². The summed E-state index contributed by atoms with van der Waals surface area (Å²) in [5.41, 5.74) is 2.56. The Bertz CT molecular complexity index is 869. The Balaban J connectivity index is 1.96. The molecule has 20 heavy (non-hydrogen) atoms. The van der Waals surface area contributed by atoms with Crippen molar-refractivity contribution < 1.29 is 12.8 Å². The molecule has 0 aliphatic carbocycles. The quantitative estimate of drug-likeness (QED) is 0.804. The number of sulfonamides is 1. The number of anilines is 1. The largest absolute Gasteiger partial charge is 0.443 e. The Kier molecular flexibility index (Phi) is 2.94. The first kappa shape index (κ1) is 12.7. The molecule has 0 amide bonds. The van der Waals surface area contributed by atoms with Crippen LogP contribution in [0.2, 0.25) is 0 Å². The van der Waals surface area contributed by atoms with Gasteiger partial charge in [0.15, 0.2) is 12.0 Å². The van der Waals surface area contributed by atoms with Gasteiger partial charge in [-0.1, -0.05) is 12.1 Å². The molecule has 3 aromatic rings. The van der Waals surface area contributed by atoms with E-state index in [9.17, 15) is 8.42 Å². The molecule has 6 heteroatoms. The zero-order chi connectivity index (χ0) is 14.2. The minimum absolute atomic E-state index is 0.234. The summed E-state index contributed by atoms with van der Waals surface area (Å²) in [5, 5.41) is 0. The van der Waals surface area contributed by atoms with Crippen LogP contribution in [-0.4, -0.2) is 13.4 Å². The van der Waals surface area contributed by atoms with Gasteiger partial charge in [-0.05, 0) is 42.8 Å². The number of benzene rings is 2. The Morgan fingerprint density at radius 2 is 2.00 bits per heavy atom. The molecule has 1 aromatic heterocycles. The van der Waals surface area contributed by atoms with E-state index in [2.05, 4.69) is 9.71 Å². The molecule has 0 spiro atoms. The van der Waals surface area contributed by atoms with Crippen molar-refractivity contribution in [1.29, 1.82) is 0 Å². The van der Waals surface area contributed by atoms with Crippen molar-refractivity contribution in [3.8, 4) is 0 Å². The number of rotatable bonds is 3. The molecule has 0 aliphatic heterocycles. The second kappa shape index (κ2) is 4.64. The van der Waals surface area contributed by atoms with Crippen LogP contribution in [0.5, 0.6) is 0 Å². The smallest absolute Gasteiger partial charge is 0.261 e. The van der Waals surface area contributed by atoms with Gasteiger partial charge in [0.05, 0.1) is 10.6 Å². The van der Waals surface area contributed by atoms with Gasteiger partial charge in [0, 0.05) is 0 Å². The first-order valence-corrected chi connectivity index (χ1v) is 7.46. The highest BCUT2D eigenvalue weighted by Gasteiger charge is 2.14. The Morgan fingerprint density at radius 1 is 1.15 bits per heavy atom. The zero-order valence-corrected chi connectivity index (χ0v) is 11.5. The Hall–Kier alpha value is -2.34. The van der Waals surface area contributed by atoms with E-state index in [1.807, 2.05) is 13.0 Å². The van der Waals surface area contributed by atoms with Gasteiger partial charge in [-0.2, -0.15) is 0 Å². The molecule has 102 valence electrons. The molecule has 0 radical (unpaired) electrons. The number of nitrogens with zero attached hydrogens (tertiary/aromatic N) is 1. The predicted molar refractivity (Wildman–Crippen MR) is 76.0 cm³/mol. The average molecular weight is 288 g/mol. The van der Waals surface area contributed by atoms with Gasteiger partial charge in [0.1, 0.15) is 5.52 Å². The highest BCUT2D eigenvalue weighted by molar-refractivity contribution is 7.92. The van der Waals surface area contributed by atoms with E-state index in [-0.39, 0.29) is 4.90 Å². The van der Waals surface area contributed by atoms with E-state index in [1.54, 1.807) is 36.4 Å². The first-order chi connectivity index (χ1) is 9.54. The fourth-order valence-corrected chi connectivity index (χ4v) is 3.07. The van der Waals surface area contributed by atoms with Crippen molar-refractivity contribution in [2.24, 2.45) is 0 Å². The topological polar surface area (TPSA) is 72.2 Å². The summed E-state index contributed by atoms with van der Waals surface area (Å²) in [6.45, 7) is 1.85. The standard InChI is InChI=1S/C14H12N2O3S/c1-10-3-2-4-12(7-10)20(17,18)16-11-5-6-14-13(8-11)15-9-19-14/h2-9,16H,1H3. The van der Waals surface area contributed by atoms with Crippen LogP contribution >= 0.6 is 0 Å². The fraction of sp³-hybridized carbons (Fsp3) is 0.0714. The lowest BCUT2D eigenvalue weighted by molar-refractivity contribution is 0.600. The molecular formula is C14H12N2O3S. The maximum atomic E-state index is 12.3. The molecule has 5 nitrogen and oxygen atoms in total. The van der Waals surface area contributed by atoms with Gasteiger partial charge in [0.2, 0.25) is 0 Å². The second-order valence-electron chi connectivity index (χ2n) is 4.46. The third-order valence-electron chi connectivity index (χ3n) is 2.88. The number of hydrogen-bond acceptors (Lipinski definition) is 4. The summed E-state index contributed by atoms with van der Waals surface area (Å²) in [5.74, 6) is 0. The molecular weight excluding hydrogens is 276 g/mol. The molecule has 0 unspecified atom stereocenters. The van der Waals surface area contributed by atoms with Gasteiger partial charge in [-0.25, -0.2) is 13.4 Å². The van der Waals surface area contributed by atoms with Gasteiger partial charge < -0.3 is 4.42 Å². The molecule has 0 bridgehead atoms. The fourth-order valence-electron chi connectivity index (χ4n) is 1.92. The third kappa shape index (κ3) is 2.37. The molecule has 0 saturated heterocycles. The number of aromatic nitrogens is 1. The van der Waals surface area contributed by atoms with Crippen molar-refractivity contribution in [3.63, 3.8) is 0 Å². The number of nitrogens with one attached hydrogen (secondary N) is 1. The molecule has 1 N–H and O–H groups in total. The molecule has 0 fully saturated rings. The molecule has 0 aliphatic rings. The minimum atomic E-state index is -3.60. The molecule has 1 heterocycles. The monoisotopic (exact) mass is 288 g/mol. The van der Waals surface area contributed by atoms with Crippen molar-refractivity contribution in [1.82, 2.24) is 4.98 Å². The minimum Gasteiger partial charge on any atom is -0.443 e. The summed E-state index contributed by atoms with van der Waals surface area (Å²) < 4.78 is 32.2. The highest BCUT2D eigenvalue weighted by atomic mass is 32.2. The van der Waals surface area contributed by atoms with Crippen LogP contribution in [-0.2, 0) is 10.0 Å². The van der Waals surface area contributed by atoms with E-state index in [1.165, 1.54) is 6.39 Å². The van der Waals surface area contributed by atoms with Gasteiger partial charge in [-0.3, -0.25) is 4.72 Å². The molecule has 0 atom stereocenters. The van der Waals surface area contributed by atoms with Gasteiger partial charge in [0.25, 0.3) is 10.0 Å². The van der Waals surface area contributed by atoms with Crippen molar-refractivity contribution in [3.05, 3.63) is 54.4 Å². The highest BCUT2D eigenvalue weighted by Crippen LogP contribution is 2.21. The SMILES string of the molecule is Cc1cccc(S(=O)(=O)Nc2ccc3ocnc3c2)c1. The lowest BCUT2D eigenvalue weighted by atomic mass is 10.2. The van der Waals surface area contributed by atoms with E-state index >= 15 is 0 Å². The lowest BCUT2D eigenvalue weighted by Crippen LogP contribution is -2.12. The summed E-state index contributed by atoms with van der Waals surface area (Å²) in [6.07, 6.45) is 1.32. The second-order valence-corrected chi connectivity index (χ2v) is 6.14. The summed E-state index contributed by atoms with van der Waals surface area (Å²) >= 11 is 0. The lowest BCUT2D eigenvalue weighted by Gasteiger charge is -2.08. The van der Waals surface area contributed by atoms with Gasteiger partial charge in [-0.15, -0.1) is 0 Å². The normalized spacial score (nSPS) is 11.7. The average Bonchev–Trinajstić information content (AvgIpc) is 2.85. The van der Waals surface area contributed by atoms with Crippen LogP contribution in [0.4, 0.5) is 5.69 Å². The molecule has 3 rings (SSSR count). The third-order valence-corrected chi connectivity index (χ3v) is 4.26. The predicted octanol–water partition coefficient (Wildman–Crippen LogP) is 2.94. The number of hydrogen-bond donors (Lipinski definition) is 1. The van der Waals surface area contributed by atoms with Crippen LogP contribution in [0.25, 0.3) is 11.1 Å². The summed E-state index contributed by atoms with van der Waals surface area (Å²) in [6, 6.07) is 11.7. The van der Waals surface area contributed by atoms with E-state index in [4.69, 9.17) is 4.42 Å². The van der Waals surface area contributed by atoms with Crippen LogP contribution in [0.15, 0.2) is 58.2 Å². The first-order valence-electron chi connectivity index (χ1n) is 5.97. The van der Waals surface area contributed by atoms with E-state index in [0.717, 1.165) is 5.56 Å². The zero-order valence-electron chi connectivity index (χ0n) is 10.7. The summed E-state index contributed by atoms with van der Waals surface area (Å²) in [4.78, 5) is 4.23. The van der Waals surface area contributed by atoms with Gasteiger partial charge >= 0.3 is 0 Å². The van der Waals surface area contributed by atoms with Crippen LogP contribution < -0.4 is 4.72 Å². The van der Waals surface area contributed by atoms with Crippen LogP contribution in [0, 0.1) is 6.92 Å². The Morgan fingerprint density at radius 3 is 2.80 bits per heavy atom. The molecule has 0 saturated carbocycles. The molecule has 2 aromatic carbocycles. The maximum absolute atomic E-state index is 12.3. The van der Waals surface area contributed by atoms with Crippen LogP contribution in [0.1, 0.15) is 5.56 Å². The summed E-state index contributed by atoms with van der Waals surface area (Å²) in [7, 11) is -3.60. The number of oxazole rings is 1. The number of aryl methyl sites for hydroxylation is 1. The van der Waals surface area contributed by atoms with Crippen LogP contribution in [0.3, 0.4) is 0 Å². The maximum Gasteiger partial charge on any atom is 0.261 e. The van der Waals surface area contributed by atoms with E-state index in [0.29, 0.717) is 16.8 Å². The van der Waals surface area contributed by atoms with Crippen molar-refractivity contribution in [2.75, 3.05) is 4.72 Å². The number of fused-ring (bicyclic) bond motifs is 1. The van der Waals surface area contributed by atoms with Crippen molar-refractivity contribution >= 4 is 26.8 Å². The van der Waals surface area contributed by atoms with Crippen molar-refractivity contribution in [2.45, 2.75) is 11.8 Å². The Labute approximate surface area is 116 Å².